The maximum atomic E-state index is 12.2. The first-order valence-corrected chi connectivity index (χ1v) is 10.7. The molecule has 0 aliphatic carbocycles. The largest absolute Gasteiger partial charge is 0.493 e. The second-order valence-electron chi connectivity index (χ2n) is 6.80. The molecule has 3 aromatic rings. The molecule has 0 aliphatic rings. The van der Waals surface area contributed by atoms with E-state index in [9.17, 15) is 4.79 Å². The van der Waals surface area contributed by atoms with Crippen molar-refractivity contribution >= 4 is 29.8 Å². The van der Waals surface area contributed by atoms with Crippen LogP contribution in [0.5, 0.6) is 11.5 Å². The number of benzene rings is 1. The number of carbonyl (C=O) groups is 1. The molecule has 11 nitrogen and oxygen atoms in total. The summed E-state index contributed by atoms with van der Waals surface area (Å²) < 4.78 is 12.3. The van der Waals surface area contributed by atoms with Crippen molar-refractivity contribution in [3.8, 4) is 11.5 Å². The van der Waals surface area contributed by atoms with E-state index in [0.717, 1.165) is 22.5 Å². The minimum absolute atomic E-state index is 0.135. The summed E-state index contributed by atoms with van der Waals surface area (Å²) in [5.74, 6) is 1.69. The number of methoxy groups -OCH3 is 2. The monoisotopic (exact) mass is 458 g/mol. The number of hydrazone groups is 1. The maximum Gasteiger partial charge on any atom is 0.240 e. The molecule has 12 heteroatoms. The van der Waals surface area contributed by atoms with Crippen molar-refractivity contribution in [3.63, 3.8) is 0 Å². The summed E-state index contributed by atoms with van der Waals surface area (Å²) in [6.07, 6.45) is 1.69. The van der Waals surface area contributed by atoms with E-state index < -0.39 is 0 Å². The molecule has 1 aromatic carbocycles. The lowest BCUT2D eigenvalue weighted by molar-refractivity contribution is -0.118. The van der Waals surface area contributed by atoms with E-state index >= 15 is 0 Å². The Hall–Kier alpha value is -3.54. The third kappa shape index (κ3) is 5.78. The van der Waals surface area contributed by atoms with Crippen LogP contribution in [-0.2, 0) is 18.4 Å². The Morgan fingerprint density at radius 1 is 1.28 bits per heavy atom. The lowest BCUT2D eigenvalue weighted by atomic mass is 10.2. The summed E-state index contributed by atoms with van der Waals surface area (Å²) in [7, 11) is 5.04. The van der Waals surface area contributed by atoms with Crippen molar-refractivity contribution in [3.05, 3.63) is 40.7 Å². The summed E-state index contributed by atoms with van der Waals surface area (Å²) in [6, 6.07) is 5.50. The summed E-state index contributed by atoms with van der Waals surface area (Å²) in [5.41, 5.74) is 6.56. The number of carbonyl (C=O) groups excluding carboxylic acids is 1. The number of aryl methyl sites for hydroxylation is 2. The van der Waals surface area contributed by atoms with E-state index in [2.05, 4.69) is 36.1 Å². The number of thioether (sulfide) groups is 1. The molecule has 0 saturated heterocycles. The van der Waals surface area contributed by atoms with Crippen LogP contribution in [0.25, 0.3) is 0 Å². The Bertz CT molecular complexity index is 1110. The van der Waals surface area contributed by atoms with Crippen LogP contribution in [0.15, 0.2) is 28.5 Å². The highest BCUT2D eigenvalue weighted by Crippen LogP contribution is 2.27. The minimum atomic E-state index is -0.135. The smallest absolute Gasteiger partial charge is 0.240 e. The van der Waals surface area contributed by atoms with Gasteiger partial charge >= 0.3 is 0 Å². The SMILES string of the molecule is COc1ccc(CNC(=O)CSc2n[nH]c(N/N=C/c3c(C)nn(C)c3C)n2)cc1OC. The molecule has 3 rings (SSSR count). The predicted molar refractivity (Wildman–Crippen MR) is 122 cm³/mol. The fraction of sp³-hybridized carbons (Fsp3) is 0.350. The molecular weight excluding hydrogens is 432 g/mol. The van der Waals surface area contributed by atoms with Gasteiger partial charge in [0, 0.05) is 24.8 Å². The number of aromatic nitrogens is 5. The van der Waals surface area contributed by atoms with Crippen LogP contribution >= 0.6 is 11.8 Å². The average Bonchev–Trinajstić information content (AvgIpc) is 3.35. The molecule has 0 saturated carbocycles. The minimum Gasteiger partial charge on any atom is -0.493 e. The van der Waals surface area contributed by atoms with Gasteiger partial charge < -0.3 is 14.8 Å². The Morgan fingerprint density at radius 3 is 2.75 bits per heavy atom. The van der Waals surface area contributed by atoms with Gasteiger partial charge in [-0.25, -0.2) is 10.5 Å². The lowest BCUT2D eigenvalue weighted by Gasteiger charge is -2.10. The first-order valence-electron chi connectivity index (χ1n) is 9.73. The van der Waals surface area contributed by atoms with Crippen LogP contribution in [0, 0.1) is 13.8 Å². The summed E-state index contributed by atoms with van der Waals surface area (Å²) in [6.45, 7) is 4.27. The molecule has 0 bridgehead atoms. The van der Waals surface area contributed by atoms with Crippen LogP contribution in [0.3, 0.4) is 0 Å². The van der Waals surface area contributed by atoms with Crippen molar-refractivity contribution in [2.45, 2.75) is 25.5 Å². The quantitative estimate of drug-likeness (QED) is 0.239. The number of hydrogen-bond acceptors (Lipinski definition) is 9. The molecule has 0 radical (unpaired) electrons. The molecule has 0 atom stereocenters. The van der Waals surface area contributed by atoms with E-state index in [4.69, 9.17) is 9.47 Å². The number of anilines is 1. The fourth-order valence-corrected chi connectivity index (χ4v) is 3.50. The highest BCUT2D eigenvalue weighted by molar-refractivity contribution is 7.99. The summed E-state index contributed by atoms with van der Waals surface area (Å²) in [5, 5.41) is 18.6. The van der Waals surface area contributed by atoms with Crippen LogP contribution in [0.4, 0.5) is 5.95 Å². The normalized spacial score (nSPS) is 11.0. The van der Waals surface area contributed by atoms with Crippen LogP contribution in [0.1, 0.15) is 22.5 Å². The van der Waals surface area contributed by atoms with Gasteiger partial charge in [-0.2, -0.15) is 15.2 Å². The third-order valence-corrected chi connectivity index (χ3v) is 5.51. The van der Waals surface area contributed by atoms with Crippen LogP contribution in [-0.4, -0.2) is 57.1 Å². The van der Waals surface area contributed by atoms with Gasteiger partial charge in [0.15, 0.2) is 11.5 Å². The summed E-state index contributed by atoms with van der Waals surface area (Å²) >= 11 is 1.22. The highest BCUT2D eigenvalue weighted by Gasteiger charge is 2.10. The van der Waals surface area contributed by atoms with Crippen molar-refractivity contribution < 1.29 is 14.3 Å². The van der Waals surface area contributed by atoms with Crippen LogP contribution < -0.4 is 20.2 Å². The number of H-pyrrole nitrogens is 1. The Balaban J connectivity index is 1.45. The van der Waals surface area contributed by atoms with E-state index in [1.807, 2.05) is 33.0 Å². The molecule has 2 heterocycles. The number of nitrogens with zero attached hydrogens (tertiary/aromatic N) is 5. The zero-order valence-electron chi connectivity index (χ0n) is 18.6. The molecule has 3 N–H and O–H groups in total. The van der Waals surface area contributed by atoms with Gasteiger partial charge in [0.1, 0.15) is 0 Å². The molecule has 2 aromatic heterocycles. The Kier molecular flexibility index (Phi) is 7.71. The summed E-state index contributed by atoms with van der Waals surface area (Å²) in [4.78, 5) is 16.4. The number of rotatable bonds is 10. The van der Waals surface area contributed by atoms with Gasteiger partial charge in [-0.3, -0.25) is 9.48 Å². The van der Waals surface area contributed by atoms with Gasteiger partial charge in [0.2, 0.25) is 17.0 Å². The second-order valence-corrected chi connectivity index (χ2v) is 7.74. The topological polar surface area (TPSA) is 131 Å². The van der Waals surface area contributed by atoms with Crippen molar-refractivity contribution in [1.29, 1.82) is 0 Å². The van der Waals surface area contributed by atoms with Crippen LogP contribution in [0.2, 0.25) is 0 Å². The van der Waals surface area contributed by atoms with Crippen molar-refractivity contribution in [1.82, 2.24) is 30.3 Å². The third-order valence-electron chi connectivity index (χ3n) is 4.66. The zero-order chi connectivity index (χ0) is 23.1. The van der Waals surface area contributed by atoms with Crippen molar-refractivity contribution in [2.75, 3.05) is 25.4 Å². The number of nitrogens with one attached hydrogen (secondary N) is 3. The molecule has 32 heavy (non-hydrogen) atoms. The zero-order valence-corrected chi connectivity index (χ0v) is 19.4. The van der Waals surface area contributed by atoms with Crippen molar-refractivity contribution in [2.24, 2.45) is 12.1 Å². The molecule has 0 spiro atoms. The van der Waals surface area contributed by atoms with E-state index in [0.29, 0.717) is 29.1 Å². The Labute approximate surface area is 190 Å². The fourth-order valence-electron chi connectivity index (χ4n) is 2.87. The number of hydrogen-bond donors (Lipinski definition) is 3. The molecule has 170 valence electrons. The van der Waals surface area contributed by atoms with E-state index in [-0.39, 0.29) is 11.7 Å². The highest BCUT2D eigenvalue weighted by atomic mass is 32.2. The van der Waals surface area contributed by atoms with Gasteiger partial charge in [-0.1, -0.05) is 17.8 Å². The maximum absolute atomic E-state index is 12.2. The van der Waals surface area contributed by atoms with Gasteiger partial charge in [-0.05, 0) is 31.5 Å². The number of ether oxygens (including phenoxy) is 2. The first-order chi connectivity index (χ1) is 15.4. The first kappa shape index (κ1) is 23.1. The Morgan fingerprint density at radius 2 is 2.06 bits per heavy atom. The average molecular weight is 459 g/mol. The lowest BCUT2D eigenvalue weighted by Crippen LogP contribution is -2.24. The van der Waals surface area contributed by atoms with Gasteiger partial charge in [-0.15, -0.1) is 5.10 Å². The predicted octanol–water partition coefficient (Wildman–Crippen LogP) is 2.03. The molecular formula is C20H26N8O3S. The number of aromatic amines is 1. The van der Waals surface area contributed by atoms with Gasteiger partial charge in [0.05, 0.1) is 31.9 Å². The van der Waals surface area contributed by atoms with E-state index in [1.165, 1.54) is 11.8 Å². The second kappa shape index (κ2) is 10.7. The molecule has 0 aliphatic heterocycles. The molecule has 0 unspecified atom stereocenters. The molecule has 0 fully saturated rings. The number of amides is 1. The van der Waals surface area contributed by atoms with E-state index in [1.54, 1.807) is 31.2 Å². The standard InChI is InChI=1S/C20H26N8O3S/c1-12-15(13(2)28(3)27-12)10-22-24-19-23-20(26-25-19)32-11-18(29)21-9-14-6-7-16(30-4)17(8-14)31-5/h6-8,10H,9,11H2,1-5H3,(H,21,29)(H2,23,24,25,26)/b22-10+. The van der Waals surface area contributed by atoms with Gasteiger partial charge in [0.25, 0.3) is 0 Å². The molecule has 1 amide bonds.